The van der Waals surface area contributed by atoms with Gasteiger partial charge in [0.2, 0.25) is 0 Å². The minimum Gasteiger partial charge on any atom is -0.295 e. The third-order valence-electron chi connectivity index (χ3n) is 1.36. The first-order valence-electron chi connectivity index (χ1n) is 3.42. The average Bonchev–Trinajstić information content (AvgIpc) is 1.96. The van der Waals surface area contributed by atoms with E-state index in [9.17, 15) is 4.79 Å². The van der Waals surface area contributed by atoms with E-state index in [-0.39, 0.29) is 0 Å². The zero-order chi connectivity index (χ0) is 8.10. The summed E-state index contributed by atoms with van der Waals surface area (Å²) in [7, 11) is 0. The molecule has 0 radical (unpaired) electrons. The number of carbonyl (C=O) groups is 1. The Morgan fingerprint density at radius 2 is 2.45 bits per heavy atom. The number of allylic oxidation sites excluding steroid dienone is 2. The van der Waals surface area contributed by atoms with Crippen molar-refractivity contribution >= 4 is 12.5 Å². The Kier molecular flexibility index (Phi) is 2.59. The smallest absolute Gasteiger partial charge is 0.176 e. The minimum absolute atomic E-state index is 0.359. The molecule has 1 rings (SSSR count). The van der Waals surface area contributed by atoms with Crippen molar-refractivity contribution in [1.82, 2.24) is 0 Å². The Balaban J connectivity index is 2.88. The summed E-state index contributed by atoms with van der Waals surface area (Å²) in [6.07, 6.45) is 5.69. The highest BCUT2D eigenvalue weighted by molar-refractivity contribution is 5.77. The largest absolute Gasteiger partial charge is 0.295 e. The predicted octanol–water partition coefficient (Wildman–Crippen LogP) is 1.65. The van der Waals surface area contributed by atoms with Crippen molar-refractivity contribution in [1.29, 1.82) is 0 Å². The lowest BCUT2D eigenvalue weighted by Crippen LogP contribution is -1.86. The fourth-order valence-corrected chi connectivity index (χ4v) is 0.758. The molecule has 0 atom stereocenters. The van der Waals surface area contributed by atoms with Crippen LogP contribution in [0.1, 0.15) is 12.8 Å². The number of aldehydes is 1. The second-order valence-corrected chi connectivity index (χ2v) is 2.32. The standard InChI is InChI=1S/C9H9NO/c1-8-3-2-4-9(7-11)10-6-5-8/h2,6-7H,1,3,5H2. The molecule has 0 aromatic carbocycles. The van der Waals surface area contributed by atoms with Gasteiger partial charge in [-0.25, -0.2) is 4.99 Å². The molecule has 0 N–H and O–H groups in total. The summed E-state index contributed by atoms with van der Waals surface area (Å²) in [6, 6.07) is 0. The van der Waals surface area contributed by atoms with Crippen molar-refractivity contribution in [3.8, 4) is 0 Å². The third kappa shape index (κ3) is 2.36. The molecule has 0 aromatic rings. The first-order chi connectivity index (χ1) is 5.33. The van der Waals surface area contributed by atoms with Crippen molar-refractivity contribution in [3.05, 3.63) is 29.7 Å². The second kappa shape index (κ2) is 3.69. The van der Waals surface area contributed by atoms with Crippen LogP contribution in [-0.2, 0) is 4.79 Å². The number of hydrogen-bond donors (Lipinski definition) is 0. The molecule has 0 saturated heterocycles. The van der Waals surface area contributed by atoms with Gasteiger partial charge < -0.3 is 0 Å². The lowest BCUT2D eigenvalue weighted by molar-refractivity contribution is -0.104. The maximum Gasteiger partial charge on any atom is 0.176 e. The Hall–Kier alpha value is -1.40. The van der Waals surface area contributed by atoms with Gasteiger partial charge in [0.15, 0.2) is 6.29 Å². The predicted molar refractivity (Wildman–Crippen MR) is 44.5 cm³/mol. The number of nitrogens with zero attached hydrogens (tertiary/aromatic N) is 1. The van der Waals surface area contributed by atoms with Gasteiger partial charge in [-0.3, -0.25) is 4.79 Å². The molecule has 0 amide bonds. The van der Waals surface area contributed by atoms with Gasteiger partial charge in [-0.1, -0.05) is 17.9 Å². The van der Waals surface area contributed by atoms with Gasteiger partial charge in [-0.15, -0.1) is 0 Å². The zero-order valence-electron chi connectivity index (χ0n) is 6.21. The highest BCUT2D eigenvalue weighted by Crippen LogP contribution is 2.05. The minimum atomic E-state index is 0.359. The van der Waals surface area contributed by atoms with Crippen molar-refractivity contribution in [2.75, 3.05) is 0 Å². The summed E-state index contributed by atoms with van der Waals surface area (Å²) < 4.78 is 0. The van der Waals surface area contributed by atoms with E-state index in [2.05, 4.69) is 17.3 Å². The molecule has 1 aliphatic rings. The maximum absolute atomic E-state index is 10.3. The highest BCUT2D eigenvalue weighted by Gasteiger charge is 1.93. The molecule has 0 aromatic heterocycles. The van der Waals surface area contributed by atoms with Crippen molar-refractivity contribution in [2.45, 2.75) is 12.8 Å². The van der Waals surface area contributed by atoms with Gasteiger partial charge in [0.05, 0.1) is 0 Å². The summed E-state index contributed by atoms with van der Waals surface area (Å²) in [4.78, 5) is 14.1. The van der Waals surface area contributed by atoms with Crippen molar-refractivity contribution < 1.29 is 4.79 Å². The first-order valence-corrected chi connectivity index (χ1v) is 3.42. The van der Waals surface area contributed by atoms with Gasteiger partial charge >= 0.3 is 0 Å². The van der Waals surface area contributed by atoms with Crippen LogP contribution in [0.3, 0.4) is 0 Å². The summed E-state index contributed by atoms with van der Waals surface area (Å²) in [5.41, 5.74) is 4.21. The molecular weight excluding hydrogens is 138 g/mol. The Bertz CT molecular complexity index is 267. The van der Waals surface area contributed by atoms with E-state index in [1.165, 1.54) is 0 Å². The molecule has 0 aliphatic carbocycles. The van der Waals surface area contributed by atoms with E-state index in [0.29, 0.717) is 12.0 Å². The molecule has 11 heavy (non-hydrogen) atoms. The molecular formula is C9H9NO. The Labute approximate surface area is 65.6 Å². The first kappa shape index (κ1) is 7.70. The summed E-state index contributed by atoms with van der Waals surface area (Å²) in [6.45, 7) is 3.81. The molecule has 2 nitrogen and oxygen atoms in total. The topological polar surface area (TPSA) is 29.4 Å². The van der Waals surface area contributed by atoms with Crippen molar-refractivity contribution in [3.63, 3.8) is 0 Å². The van der Waals surface area contributed by atoms with E-state index >= 15 is 0 Å². The molecule has 0 fully saturated rings. The Morgan fingerprint density at radius 1 is 1.64 bits per heavy atom. The summed E-state index contributed by atoms with van der Waals surface area (Å²) in [5.74, 6) is 0. The second-order valence-electron chi connectivity index (χ2n) is 2.32. The van der Waals surface area contributed by atoms with Gasteiger partial charge in [0.1, 0.15) is 5.70 Å². The molecule has 0 bridgehead atoms. The maximum atomic E-state index is 10.3. The molecule has 2 heteroatoms. The fourth-order valence-electron chi connectivity index (χ4n) is 0.758. The van der Waals surface area contributed by atoms with Gasteiger partial charge in [0, 0.05) is 12.6 Å². The average molecular weight is 147 g/mol. The van der Waals surface area contributed by atoms with Crippen molar-refractivity contribution in [2.24, 2.45) is 4.99 Å². The lowest BCUT2D eigenvalue weighted by Gasteiger charge is -1.97. The molecule has 0 saturated carbocycles. The molecule has 1 aliphatic heterocycles. The van der Waals surface area contributed by atoms with Gasteiger partial charge in [-0.2, -0.15) is 0 Å². The molecule has 0 spiro atoms. The van der Waals surface area contributed by atoms with Crippen LogP contribution in [0.15, 0.2) is 34.6 Å². The van der Waals surface area contributed by atoms with Gasteiger partial charge in [-0.05, 0) is 12.5 Å². The van der Waals surface area contributed by atoms with Crippen LogP contribution in [0, 0.1) is 0 Å². The fraction of sp³-hybridized carbons (Fsp3) is 0.222. The van der Waals surface area contributed by atoms with E-state index in [1.54, 1.807) is 12.3 Å². The van der Waals surface area contributed by atoms with Crippen LogP contribution >= 0.6 is 0 Å². The number of carbonyl (C=O) groups excluding carboxylic acids is 1. The Morgan fingerprint density at radius 3 is 3.18 bits per heavy atom. The quantitative estimate of drug-likeness (QED) is 0.315. The molecule has 56 valence electrons. The summed E-state index contributed by atoms with van der Waals surface area (Å²) in [5, 5.41) is 0. The van der Waals surface area contributed by atoms with Crippen LogP contribution in [0.25, 0.3) is 0 Å². The molecule has 1 heterocycles. The molecule has 0 unspecified atom stereocenters. The number of rotatable bonds is 1. The normalized spacial score (nSPS) is 17.1. The number of hydrogen-bond acceptors (Lipinski definition) is 2. The van der Waals surface area contributed by atoms with Crippen LogP contribution in [0.4, 0.5) is 0 Å². The van der Waals surface area contributed by atoms with Crippen LogP contribution < -0.4 is 0 Å². The van der Waals surface area contributed by atoms with Crippen LogP contribution in [-0.4, -0.2) is 12.5 Å². The van der Waals surface area contributed by atoms with Crippen LogP contribution in [0.2, 0.25) is 0 Å². The zero-order valence-corrected chi connectivity index (χ0v) is 6.21. The van der Waals surface area contributed by atoms with Crippen LogP contribution in [0.5, 0.6) is 0 Å². The lowest BCUT2D eigenvalue weighted by atomic mass is 10.1. The summed E-state index contributed by atoms with van der Waals surface area (Å²) >= 11 is 0. The van der Waals surface area contributed by atoms with E-state index in [4.69, 9.17) is 0 Å². The monoisotopic (exact) mass is 147 g/mol. The highest BCUT2D eigenvalue weighted by atomic mass is 16.1. The SMILES string of the molecule is C=C1CC=C=C(C=O)N=CC1. The van der Waals surface area contributed by atoms with E-state index < -0.39 is 0 Å². The number of aliphatic imine (C=N–C) groups is 1. The van der Waals surface area contributed by atoms with E-state index in [0.717, 1.165) is 18.4 Å². The van der Waals surface area contributed by atoms with Gasteiger partial charge in [0.25, 0.3) is 0 Å². The van der Waals surface area contributed by atoms with E-state index in [1.807, 2.05) is 0 Å². The third-order valence-corrected chi connectivity index (χ3v) is 1.36.